The Morgan fingerprint density at radius 3 is 2.29 bits per heavy atom. The van der Waals surface area contributed by atoms with E-state index in [2.05, 4.69) is 30.9 Å². The van der Waals surface area contributed by atoms with Crippen molar-refractivity contribution in [3.05, 3.63) is 35.4 Å². The van der Waals surface area contributed by atoms with Gasteiger partial charge < -0.3 is 0 Å². The molecular formula is C15H21NO. The summed E-state index contributed by atoms with van der Waals surface area (Å²) in [6.45, 7) is 7.08. The van der Waals surface area contributed by atoms with Crippen LogP contribution in [0.15, 0.2) is 24.3 Å². The number of hydrogen-bond donors (Lipinski definition) is 0. The average molecular weight is 231 g/mol. The van der Waals surface area contributed by atoms with Crippen molar-refractivity contribution in [3.63, 3.8) is 0 Å². The lowest BCUT2D eigenvalue weighted by atomic mass is 10.0. The van der Waals surface area contributed by atoms with Crippen LogP contribution >= 0.6 is 0 Å². The average Bonchev–Trinajstić information content (AvgIpc) is 2.82. The van der Waals surface area contributed by atoms with Crippen LogP contribution in [-0.2, 0) is 0 Å². The minimum absolute atomic E-state index is 0.252. The first-order valence-electron chi connectivity index (χ1n) is 6.52. The van der Waals surface area contributed by atoms with Crippen molar-refractivity contribution < 1.29 is 4.79 Å². The SMILES string of the molecule is CC(C)c1ccc(C(=O)CN2CCCC2)cc1. The lowest BCUT2D eigenvalue weighted by Gasteiger charge is -2.13. The molecule has 17 heavy (non-hydrogen) atoms. The smallest absolute Gasteiger partial charge is 0.176 e. The summed E-state index contributed by atoms with van der Waals surface area (Å²) in [4.78, 5) is 14.3. The van der Waals surface area contributed by atoms with E-state index >= 15 is 0 Å². The van der Waals surface area contributed by atoms with Gasteiger partial charge in [0.15, 0.2) is 5.78 Å². The minimum atomic E-state index is 0.252. The highest BCUT2D eigenvalue weighted by atomic mass is 16.1. The van der Waals surface area contributed by atoms with Gasteiger partial charge in [0, 0.05) is 5.56 Å². The second kappa shape index (κ2) is 5.46. The lowest BCUT2D eigenvalue weighted by Crippen LogP contribution is -2.26. The molecule has 1 saturated heterocycles. The monoisotopic (exact) mass is 231 g/mol. The van der Waals surface area contributed by atoms with Gasteiger partial charge in [-0.1, -0.05) is 38.1 Å². The molecule has 0 bridgehead atoms. The number of nitrogens with zero attached hydrogens (tertiary/aromatic N) is 1. The zero-order chi connectivity index (χ0) is 12.3. The molecule has 0 saturated carbocycles. The molecule has 0 radical (unpaired) electrons. The summed E-state index contributed by atoms with van der Waals surface area (Å²) in [6, 6.07) is 8.07. The third-order valence-electron chi connectivity index (χ3n) is 3.47. The second-order valence-electron chi connectivity index (χ2n) is 5.18. The standard InChI is InChI=1S/C15H21NO/c1-12(2)13-5-7-14(8-6-13)15(17)11-16-9-3-4-10-16/h5-8,12H,3-4,9-11H2,1-2H3. The molecule has 0 atom stereocenters. The quantitative estimate of drug-likeness (QED) is 0.742. The molecule has 1 aliphatic rings. The molecule has 1 aromatic carbocycles. The Bertz CT molecular complexity index is 374. The van der Waals surface area contributed by atoms with Crippen LogP contribution in [-0.4, -0.2) is 30.3 Å². The molecule has 0 unspecified atom stereocenters. The normalized spacial score (nSPS) is 16.6. The fraction of sp³-hybridized carbons (Fsp3) is 0.533. The van der Waals surface area contributed by atoms with Crippen LogP contribution in [0.3, 0.4) is 0 Å². The van der Waals surface area contributed by atoms with E-state index in [0.717, 1.165) is 18.7 Å². The van der Waals surface area contributed by atoms with Crippen molar-refractivity contribution in [1.82, 2.24) is 4.90 Å². The molecule has 1 heterocycles. The van der Waals surface area contributed by atoms with E-state index in [9.17, 15) is 4.79 Å². The first-order valence-corrected chi connectivity index (χ1v) is 6.52. The maximum absolute atomic E-state index is 12.0. The zero-order valence-electron chi connectivity index (χ0n) is 10.8. The summed E-state index contributed by atoms with van der Waals surface area (Å²) >= 11 is 0. The van der Waals surface area contributed by atoms with Crippen LogP contribution in [0.5, 0.6) is 0 Å². The van der Waals surface area contributed by atoms with Crippen molar-refractivity contribution in [1.29, 1.82) is 0 Å². The molecule has 1 aliphatic heterocycles. The fourth-order valence-electron chi connectivity index (χ4n) is 2.29. The number of ketones is 1. The molecule has 2 nitrogen and oxygen atoms in total. The molecule has 1 aromatic rings. The summed E-state index contributed by atoms with van der Waals surface area (Å²) in [5, 5.41) is 0. The Balaban J connectivity index is 1.98. The molecule has 2 rings (SSSR count). The van der Waals surface area contributed by atoms with Crippen LogP contribution in [0.25, 0.3) is 0 Å². The van der Waals surface area contributed by atoms with Crippen LogP contribution in [0, 0.1) is 0 Å². The third kappa shape index (κ3) is 3.16. The predicted molar refractivity (Wildman–Crippen MR) is 70.5 cm³/mol. The summed E-state index contributed by atoms with van der Waals surface area (Å²) < 4.78 is 0. The molecule has 0 aliphatic carbocycles. The topological polar surface area (TPSA) is 20.3 Å². The van der Waals surface area contributed by atoms with Crippen molar-refractivity contribution in [2.24, 2.45) is 0 Å². The van der Waals surface area contributed by atoms with Crippen LogP contribution in [0.2, 0.25) is 0 Å². The molecule has 0 spiro atoms. The van der Waals surface area contributed by atoms with Gasteiger partial charge in [-0.3, -0.25) is 9.69 Å². The zero-order valence-corrected chi connectivity index (χ0v) is 10.8. The van der Waals surface area contributed by atoms with Gasteiger partial charge in [-0.05, 0) is 37.4 Å². The maximum Gasteiger partial charge on any atom is 0.176 e. The number of benzene rings is 1. The highest BCUT2D eigenvalue weighted by Gasteiger charge is 2.16. The van der Waals surface area contributed by atoms with Gasteiger partial charge in [0.2, 0.25) is 0 Å². The van der Waals surface area contributed by atoms with Gasteiger partial charge in [0.25, 0.3) is 0 Å². The largest absolute Gasteiger partial charge is 0.296 e. The number of Topliss-reactive ketones (excluding diaryl/α,β-unsaturated/α-hetero) is 1. The van der Waals surface area contributed by atoms with Crippen LogP contribution in [0.1, 0.15) is 48.5 Å². The Labute approximate surface area is 104 Å². The van der Waals surface area contributed by atoms with E-state index in [4.69, 9.17) is 0 Å². The van der Waals surface area contributed by atoms with E-state index in [1.807, 2.05) is 12.1 Å². The minimum Gasteiger partial charge on any atom is -0.296 e. The number of likely N-dealkylation sites (tertiary alicyclic amines) is 1. The van der Waals surface area contributed by atoms with Gasteiger partial charge in [0.05, 0.1) is 6.54 Å². The predicted octanol–water partition coefficient (Wildman–Crippen LogP) is 3.09. The third-order valence-corrected chi connectivity index (χ3v) is 3.47. The molecule has 1 fully saturated rings. The first-order chi connectivity index (χ1) is 8.16. The van der Waals surface area contributed by atoms with Crippen molar-refractivity contribution >= 4 is 5.78 Å². The van der Waals surface area contributed by atoms with E-state index < -0.39 is 0 Å². The van der Waals surface area contributed by atoms with E-state index in [0.29, 0.717) is 12.5 Å². The van der Waals surface area contributed by atoms with Gasteiger partial charge in [-0.25, -0.2) is 0 Å². The summed E-state index contributed by atoms with van der Waals surface area (Å²) in [7, 11) is 0. The highest BCUT2D eigenvalue weighted by Crippen LogP contribution is 2.15. The lowest BCUT2D eigenvalue weighted by molar-refractivity contribution is 0.0945. The van der Waals surface area contributed by atoms with Gasteiger partial charge in [0.1, 0.15) is 0 Å². The molecule has 2 heteroatoms. The maximum atomic E-state index is 12.0. The first kappa shape index (κ1) is 12.3. The second-order valence-corrected chi connectivity index (χ2v) is 5.18. The van der Waals surface area contributed by atoms with Gasteiger partial charge >= 0.3 is 0 Å². The Kier molecular flexibility index (Phi) is 3.95. The molecular weight excluding hydrogens is 210 g/mol. The Morgan fingerprint density at radius 2 is 1.76 bits per heavy atom. The highest BCUT2D eigenvalue weighted by molar-refractivity contribution is 5.97. The van der Waals surface area contributed by atoms with Gasteiger partial charge in [-0.15, -0.1) is 0 Å². The van der Waals surface area contributed by atoms with Gasteiger partial charge in [-0.2, -0.15) is 0 Å². The van der Waals surface area contributed by atoms with E-state index in [1.165, 1.54) is 18.4 Å². The fourth-order valence-corrected chi connectivity index (χ4v) is 2.29. The number of carbonyl (C=O) groups is 1. The summed E-state index contributed by atoms with van der Waals surface area (Å²) in [5.41, 5.74) is 2.14. The van der Waals surface area contributed by atoms with E-state index in [-0.39, 0.29) is 5.78 Å². The molecule has 0 N–H and O–H groups in total. The Morgan fingerprint density at radius 1 is 1.18 bits per heavy atom. The Hall–Kier alpha value is -1.15. The number of hydrogen-bond acceptors (Lipinski definition) is 2. The number of rotatable bonds is 4. The number of carbonyl (C=O) groups excluding carboxylic acids is 1. The molecule has 0 aromatic heterocycles. The summed E-state index contributed by atoms with van der Waals surface area (Å²) in [5.74, 6) is 0.778. The van der Waals surface area contributed by atoms with Crippen molar-refractivity contribution in [3.8, 4) is 0 Å². The van der Waals surface area contributed by atoms with Crippen molar-refractivity contribution in [2.45, 2.75) is 32.6 Å². The molecule has 0 amide bonds. The summed E-state index contributed by atoms with van der Waals surface area (Å²) in [6.07, 6.45) is 2.47. The van der Waals surface area contributed by atoms with Crippen LogP contribution < -0.4 is 0 Å². The van der Waals surface area contributed by atoms with Crippen molar-refractivity contribution in [2.75, 3.05) is 19.6 Å². The molecule has 92 valence electrons. The van der Waals surface area contributed by atoms with E-state index in [1.54, 1.807) is 0 Å². The van der Waals surface area contributed by atoms with Crippen LogP contribution in [0.4, 0.5) is 0 Å².